The van der Waals surface area contributed by atoms with Crippen LogP contribution in [0.15, 0.2) is 18.2 Å². The van der Waals surface area contributed by atoms with Crippen LogP contribution in [-0.4, -0.2) is 25.0 Å². The maximum Gasteiger partial charge on any atom is 0.418 e. The molecule has 0 bridgehead atoms. The molecule has 0 aliphatic carbocycles. The van der Waals surface area contributed by atoms with Crippen molar-refractivity contribution in [3.05, 3.63) is 33.9 Å². The van der Waals surface area contributed by atoms with E-state index >= 15 is 0 Å². The molecule has 0 saturated heterocycles. The molecule has 0 saturated carbocycles. The zero-order chi connectivity index (χ0) is 16.3. The van der Waals surface area contributed by atoms with E-state index in [0.29, 0.717) is 6.07 Å². The molecule has 0 unspecified atom stereocenters. The molecule has 6 nitrogen and oxygen atoms in total. The lowest BCUT2D eigenvalue weighted by atomic mass is 10.1. The van der Waals surface area contributed by atoms with Crippen molar-refractivity contribution in [1.29, 1.82) is 0 Å². The van der Waals surface area contributed by atoms with Gasteiger partial charge >= 0.3 is 6.18 Å². The fourth-order valence-corrected chi connectivity index (χ4v) is 2.86. The highest BCUT2D eigenvalue weighted by molar-refractivity contribution is 7.92. The van der Waals surface area contributed by atoms with Crippen LogP contribution in [0.4, 0.5) is 24.5 Å². The topological polar surface area (TPSA) is 89.3 Å². The van der Waals surface area contributed by atoms with Gasteiger partial charge in [-0.25, -0.2) is 8.42 Å². The average Bonchev–Trinajstić information content (AvgIpc) is 2.35. The predicted octanol–water partition coefficient (Wildman–Crippen LogP) is 2.98. The van der Waals surface area contributed by atoms with E-state index in [1.54, 1.807) is 4.72 Å². The molecule has 1 aromatic rings. The van der Waals surface area contributed by atoms with Gasteiger partial charge in [0.15, 0.2) is 0 Å². The summed E-state index contributed by atoms with van der Waals surface area (Å²) in [4.78, 5) is 9.50. The minimum absolute atomic E-state index is 0.0350. The number of nitrogens with zero attached hydrogens (tertiary/aromatic N) is 1. The molecule has 0 spiro atoms. The second kappa shape index (κ2) is 6.48. The molecule has 11 heteroatoms. The molecule has 0 aliphatic heterocycles. The Labute approximate surface area is 123 Å². The van der Waals surface area contributed by atoms with Crippen LogP contribution in [0.3, 0.4) is 0 Å². The van der Waals surface area contributed by atoms with Crippen molar-refractivity contribution < 1.29 is 26.5 Å². The molecule has 0 aliphatic rings. The van der Waals surface area contributed by atoms with Crippen molar-refractivity contribution in [2.75, 3.05) is 16.4 Å². The zero-order valence-electron chi connectivity index (χ0n) is 10.4. The minimum atomic E-state index is -4.93. The number of anilines is 1. The summed E-state index contributed by atoms with van der Waals surface area (Å²) in [6.45, 7) is 0. The molecule has 0 amide bonds. The summed E-state index contributed by atoms with van der Waals surface area (Å²) in [7, 11) is -4.02. The summed E-state index contributed by atoms with van der Waals surface area (Å²) in [6.07, 6.45) is -4.87. The van der Waals surface area contributed by atoms with E-state index in [2.05, 4.69) is 0 Å². The van der Waals surface area contributed by atoms with Crippen LogP contribution in [0.5, 0.6) is 0 Å². The highest BCUT2D eigenvalue weighted by atomic mass is 35.5. The Balaban J connectivity index is 3.21. The Hall–Kier alpha value is -1.55. The Morgan fingerprint density at radius 2 is 1.95 bits per heavy atom. The molecular formula is C10H10ClF3N2O4S. The summed E-state index contributed by atoms with van der Waals surface area (Å²) < 4.78 is 63.5. The van der Waals surface area contributed by atoms with Crippen molar-refractivity contribution in [3.8, 4) is 0 Å². The number of nitro benzene ring substituents is 1. The molecule has 0 fully saturated rings. The van der Waals surface area contributed by atoms with Gasteiger partial charge in [0.05, 0.1) is 21.9 Å². The van der Waals surface area contributed by atoms with Crippen LogP contribution in [0.2, 0.25) is 0 Å². The normalized spacial score (nSPS) is 12.2. The average molecular weight is 347 g/mol. The van der Waals surface area contributed by atoms with Gasteiger partial charge in [-0.05, 0) is 12.5 Å². The van der Waals surface area contributed by atoms with Crippen molar-refractivity contribution >= 4 is 33.0 Å². The van der Waals surface area contributed by atoms with Gasteiger partial charge in [-0.3, -0.25) is 14.8 Å². The Kier molecular flexibility index (Phi) is 5.40. The van der Waals surface area contributed by atoms with E-state index in [9.17, 15) is 31.7 Å². The fourth-order valence-electron chi connectivity index (χ4n) is 1.43. The number of halogens is 4. The Bertz CT molecular complexity index is 634. The summed E-state index contributed by atoms with van der Waals surface area (Å²) in [5, 5.41) is 10.5. The number of nitrogens with one attached hydrogen (secondary N) is 1. The molecule has 1 N–H and O–H groups in total. The Morgan fingerprint density at radius 1 is 1.33 bits per heavy atom. The number of sulfonamides is 1. The van der Waals surface area contributed by atoms with Gasteiger partial charge in [0.1, 0.15) is 0 Å². The van der Waals surface area contributed by atoms with E-state index in [1.165, 1.54) is 0 Å². The van der Waals surface area contributed by atoms with Crippen LogP contribution in [-0.2, 0) is 16.2 Å². The third-order valence-corrected chi connectivity index (χ3v) is 3.96. The van der Waals surface area contributed by atoms with E-state index in [-0.39, 0.29) is 18.4 Å². The van der Waals surface area contributed by atoms with Crippen molar-refractivity contribution in [3.63, 3.8) is 0 Å². The summed E-state index contributed by atoms with van der Waals surface area (Å²) in [5.74, 6) is -0.419. The van der Waals surface area contributed by atoms with Gasteiger partial charge in [-0.2, -0.15) is 13.2 Å². The number of benzene rings is 1. The first-order valence-electron chi connectivity index (χ1n) is 5.49. The lowest BCUT2D eigenvalue weighted by molar-refractivity contribution is -0.385. The number of rotatable bonds is 6. The quantitative estimate of drug-likeness (QED) is 0.487. The lowest BCUT2D eigenvalue weighted by Crippen LogP contribution is -2.20. The van der Waals surface area contributed by atoms with Crippen LogP contribution >= 0.6 is 11.6 Å². The zero-order valence-corrected chi connectivity index (χ0v) is 11.9. The second-order valence-corrected chi connectivity index (χ2v) is 6.17. The van der Waals surface area contributed by atoms with E-state index in [0.717, 1.165) is 6.07 Å². The third kappa shape index (κ3) is 5.05. The maximum atomic E-state index is 12.8. The molecule has 0 heterocycles. The summed E-state index contributed by atoms with van der Waals surface area (Å²) >= 11 is 5.32. The SMILES string of the molecule is O=[N+]([O-])c1ccc(NS(=O)(=O)CCCCl)c(C(F)(F)F)c1. The van der Waals surface area contributed by atoms with E-state index in [1.807, 2.05) is 0 Å². The molecule has 118 valence electrons. The molecule has 0 atom stereocenters. The van der Waals surface area contributed by atoms with Gasteiger partial charge in [-0.15, -0.1) is 11.6 Å². The molecule has 1 rings (SSSR count). The number of hydrogen-bond acceptors (Lipinski definition) is 4. The highest BCUT2D eigenvalue weighted by Crippen LogP contribution is 2.37. The smallest absolute Gasteiger partial charge is 0.283 e. The largest absolute Gasteiger partial charge is 0.418 e. The number of hydrogen-bond donors (Lipinski definition) is 1. The Morgan fingerprint density at radius 3 is 2.43 bits per heavy atom. The standard InChI is InChI=1S/C10H10ClF3N2O4S/c11-4-1-5-21(19,20)15-9-3-2-7(16(17)18)6-8(9)10(12,13)14/h2-3,6,15H,1,4-5H2. The maximum absolute atomic E-state index is 12.8. The first kappa shape index (κ1) is 17.5. The van der Waals surface area contributed by atoms with Gasteiger partial charge in [-0.1, -0.05) is 0 Å². The lowest BCUT2D eigenvalue weighted by Gasteiger charge is -2.14. The number of alkyl halides is 4. The molecule has 21 heavy (non-hydrogen) atoms. The second-order valence-electron chi connectivity index (χ2n) is 3.95. The molecule has 0 radical (unpaired) electrons. The molecule has 0 aromatic heterocycles. The number of nitro groups is 1. The van der Waals surface area contributed by atoms with E-state index in [4.69, 9.17) is 11.6 Å². The minimum Gasteiger partial charge on any atom is -0.283 e. The monoisotopic (exact) mass is 346 g/mol. The van der Waals surface area contributed by atoms with Crippen molar-refractivity contribution in [1.82, 2.24) is 0 Å². The van der Waals surface area contributed by atoms with Crippen molar-refractivity contribution in [2.45, 2.75) is 12.6 Å². The van der Waals surface area contributed by atoms with Crippen LogP contribution in [0.1, 0.15) is 12.0 Å². The number of non-ortho nitro benzene ring substituents is 1. The van der Waals surface area contributed by atoms with Crippen LogP contribution < -0.4 is 4.72 Å². The highest BCUT2D eigenvalue weighted by Gasteiger charge is 2.36. The van der Waals surface area contributed by atoms with Gasteiger partial charge < -0.3 is 0 Å². The predicted molar refractivity (Wildman–Crippen MR) is 70.8 cm³/mol. The van der Waals surface area contributed by atoms with Gasteiger partial charge in [0.2, 0.25) is 10.0 Å². The summed E-state index contributed by atoms with van der Waals surface area (Å²) in [6, 6.07) is 1.77. The first-order valence-corrected chi connectivity index (χ1v) is 7.67. The van der Waals surface area contributed by atoms with Gasteiger partial charge in [0, 0.05) is 18.0 Å². The molecule has 1 aromatic carbocycles. The van der Waals surface area contributed by atoms with Crippen molar-refractivity contribution in [2.24, 2.45) is 0 Å². The molecular weight excluding hydrogens is 337 g/mol. The fraction of sp³-hybridized carbons (Fsp3) is 0.400. The van der Waals surface area contributed by atoms with Gasteiger partial charge in [0.25, 0.3) is 5.69 Å². The van der Waals surface area contributed by atoms with E-state index < -0.39 is 43.8 Å². The van der Waals surface area contributed by atoms with Crippen LogP contribution in [0, 0.1) is 10.1 Å². The third-order valence-electron chi connectivity index (χ3n) is 2.33. The first-order chi connectivity index (χ1) is 9.57. The van der Waals surface area contributed by atoms with Crippen LogP contribution in [0.25, 0.3) is 0 Å². The summed E-state index contributed by atoms with van der Waals surface area (Å²) in [5.41, 5.74) is -2.97.